The van der Waals surface area contributed by atoms with Crippen molar-refractivity contribution in [1.82, 2.24) is 15.0 Å². The van der Waals surface area contributed by atoms with E-state index in [1.807, 2.05) is 12.1 Å². The molecule has 3 heterocycles. The number of pyridine rings is 2. The third-order valence-corrected chi connectivity index (χ3v) is 6.26. The third kappa shape index (κ3) is 5.72. The monoisotopic (exact) mass is 445 g/mol. The predicted molar refractivity (Wildman–Crippen MR) is 114 cm³/mol. The fourth-order valence-corrected chi connectivity index (χ4v) is 4.49. The molecule has 3 aromatic heterocycles. The van der Waals surface area contributed by atoms with Crippen LogP contribution in [0.3, 0.4) is 0 Å². The standard InChI is InChI=1S/C24H26F3N3O2/c1-15-28-14-23(32-15)19-9-18-10-20(29-13-21(18)30-12-19)11-22(31)17-6-4-16(5-7-17)3-2-8-24(25,26)27/h9-10,12-14,16-17H,2-8,11H2,1H3. The number of carbonyl (C=O) groups excluding carboxylic acids is 1. The molecule has 0 amide bonds. The third-order valence-electron chi connectivity index (χ3n) is 6.26. The topological polar surface area (TPSA) is 68.9 Å². The van der Waals surface area contributed by atoms with E-state index in [2.05, 4.69) is 15.0 Å². The summed E-state index contributed by atoms with van der Waals surface area (Å²) >= 11 is 0. The van der Waals surface area contributed by atoms with Crippen molar-refractivity contribution in [1.29, 1.82) is 0 Å². The first kappa shape index (κ1) is 22.4. The second-order valence-corrected chi connectivity index (χ2v) is 8.70. The number of alkyl halides is 3. The van der Waals surface area contributed by atoms with Crippen LogP contribution in [0.4, 0.5) is 13.2 Å². The van der Waals surface area contributed by atoms with E-state index in [0.717, 1.165) is 42.1 Å². The maximum Gasteiger partial charge on any atom is 0.389 e. The van der Waals surface area contributed by atoms with Crippen molar-refractivity contribution in [2.45, 2.75) is 64.5 Å². The van der Waals surface area contributed by atoms with Gasteiger partial charge in [0.05, 0.1) is 17.9 Å². The lowest BCUT2D eigenvalue weighted by molar-refractivity contribution is -0.136. The van der Waals surface area contributed by atoms with Gasteiger partial charge in [0.2, 0.25) is 0 Å². The molecule has 0 unspecified atom stereocenters. The van der Waals surface area contributed by atoms with Crippen LogP contribution in [-0.2, 0) is 11.2 Å². The average Bonchev–Trinajstić information content (AvgIpc) is 3.19. The zero-order valence-electron chi connectivity index (χ0n) is 18.0. The van der Waals surface area contributed by atoms with Gasteiger partial charge < -0.3 is 4.42 Å². The van der Waals surface area contributed by atoms with Gasteiger partial charge in [0.15, 0.2) is 11.7 Å². The Morgan fingerprint density at radius 3 is 2.53 bits per heavy atom. The fourth-order valence-electron chi connectivity index (χ4n) is 4.49. The first-order valence-electron chi connectivity index (χ1n) is 11.0. The van der Waals surface area contributed by atoms with Crippen LogP contribution < -0.4 is 0 Å². The average molecular weight is 445 g/mol. The maximum atomic E-state index is 12.8. The Labute approximate surface area is 184 Å². The predicted octanol–water partition coefficient (Wildman–Crippen LogP) is 6.24. The van der Waals surface area contributed by atoms with Crippen LogP contribution in [0.5, 0.6) is 0 Å². The Balaban J connectivity index is 1.34. The van der Waals surface area contributed by atoms with E-state index in [4.69, 9.17) is 4.42 Å². The summed E-state index contributed by atoms with van der Waals surface area (Å²) in [6.45, 7) is 1.78. The molecule has 4 rings (SSSR count). The smallest absolute Gasteiger partial charge is 0.389 e. The molecule has 0 bridgehead atoms. The quantitative estimate of drug-likeness (QED) is 0.430. The van der Waals surface area contributed by atoms with E-state index >= 15 is 0 Å². The Bertz CT molecular complexity index is 1090. The van der Waals surface area contributed by atoms with Gasteiger partial charge in [-0.25, -0.2) is 4.98 Å². The summed E-state index contributed by atoms with van der Waals surface area (Å²) in [5.74, 6) is 1.63. The summed E-state index contributed by atoms with van der Waals surface area (Å²) in [4.78, 5) is 25.8. The minimum atomic E-state index is -4.08. The number of carbonyl (C=O) groups is 1. The van der Waals surface area contributed by atoms with Gasteiger partial charge in [-0.15, -0.1) is 0 Å². The molecular formula is C24H26F3N3O2. The van der Waals surface area contributed by atoms with Crippen LogP contribution in [0.1, 0.15) is 56.5 Å². The van der Waals surface area contributed by atoms with Crippen LogP contribution >= 0.6 is 0 Å². The molecule has 170 valence electrons. The molecule has 1 saturated carbocycles. The Morgan fingerprint density at radius 1 is 1.06 bits per heavy atom. The molecule has 0 saturated heterocycles. The summed E-state index contributed by atoms with van der Waals surface area (Å²) in [5.41, 5.74) is 2.24. The first-order chi connectivity index (χ1) is 15.3. The molecule has 1 aliphatic carbocycles. The molecule has 1 aliphatic rings. The molecule has 0 N–H and O–H groups in total. The van der Waals surface area contributed by atoms with E-state index in [9.17, 15) is 18.0 Å². The number of oxazole rings is 1. The number of hydrogen-bond acceptors (Lipinski definition) is 5. The van der Waals surface area contributed by atoms with Gasteiger partial charge in [-0.2, -0.15) is 13.2 Å². The lowest BCUT2D eigenvalue weighted by Crippen LogP contribution is -2.23. The summed E-state index contributed by atoms with van der Waals surface area (Å²) in [6.07, 6.45) is 4.41. The minimum absolute atomic E-state index is 0.0343. The fraction of sp³-hybridized carbons (Fsp3) is 0.500. The minimum Gasteiger partial charge on any atom is -0.441 e. The Hall–Kier alpha value is -2.77. The molecule has 3 aromatic rings. The van der Waals surface area contributed by atoms with Crippen molar-refractivity contribution in [3.63, 3.8) is 0 Å². The van der Waals surface area contributed by atoms with E-state index in [1.54, 1.807) is 25.5 Å². The zero-order chi connectivity index (χ0) is 22.7. The normalized spacial score (nSPS) is 19.4. The van der Waals surface area contributed by atoms with Crippen molar-refractivity contribution in [3.05, 3.63) is 42.3 Å². The second kappa shape index (κ2) is 9.38. The first-order valence-corrected chi connectivity index (χ1v) is 11.0. The molecule has 0 aromatic carbocycles. The van der Waals surface area contributed by atoms with Gasteiger partial charge in [-0.3, -0.25) is 14.8 Å². The highest BCUT2D eigenvalue weighted by Gasteiger charge is 2.29. The van der Waals surface area contributed by atoms with Gasteiger partial charge in [0.1, 0.15) is 5.78 Å². The number of Topliss-reactive ketones (excluding diaryl/α,β-unsaturated/α-hetero) is 1. The van der Waals surface area contributed by atoms with Gasteiger partial charge in [-0.05, 0) is 50.2 Å². The number of fused-ring (bicyclic) bond motifs is 1. The van der Waals surface area contributed by atoms with Gasteiger partial charge in [0.25, 0.3) is 0 Å². The van der Waals surface area contributed by atoms with Crippen molar-refractivity contribution >= 4 is 16.7 Å². The molecule has 0 spiro atoms. The summed E-state index contributed by atoms with van der Waals surface area (Å²) in [5, 5.41) is 0.878. The van der Waals surface area contributed by atoms with E-state index < -0.39 is 12.6 Å². The number of aryl methyl sites for hydroxylation is 1. The van der Waals surface area contributed by atoms with E-state index in [0.29, 0.717) is 29.7 Å². The molecule has 0 atom stereocenters. The van der Waals surface area contributed by atoms with E-state index in [-0.39, 0.29) is 24.5 Å². The van der Waals surface area contributed by atoms with Gasteiger partial charge in [-0.1, -0.05) is 6.42 Å². The number of halogens is 3. The molecular weight excluding hydrogens is 419 g/mol. The van der Waals surface area contributed by atoms with Gasteiger partial charge >= 0.3 is 6.18 Å². The molecule has 0 radical (unpaired) electrons. The highest BCUT2D eigenvalue weighted by atomic mass is 19.4. The van der Waals surface area contributed by atoms with Crippen LogP contribution in [0.15, 0.2) is 35.1 Å². The van der Waals surface area contributed by atoms with Crippen LogP contribution in [-0.4, -0.2) is 26.9 Å². The SMILES string of the molecule is Cc1ncc(-c2cnc3cnc(CC(=O)C4CCC(CCCC(F)(F)F)CC4)cc3c2)o1. The van der Waals surface area contributed by atoms with Crippen LogP contribution in [0.25, 0.3) is 22.2 Å². The second-order valence-electron chi connectivity index (χ2n) is 8.70. The molecule has 8 heteroatoms. The lowest BCUT2D eigenvalue weighted by Gasteiger charge is -2.27. The molecule has 32 heavy (non-hydrogen) atoms. The summed E-state index contributed by atoms with van der Waals surface area (Å²) < 4.78 is 42.6. The molecule has 0 aliphatic heterocycles. The van der Waals surface area contributed by atoms with Crippen LogP contribution in [0.2, 0.25) is 0 Å². The highest BCUT2D eigenvalue weighted by molar-refractivity contribution is 5.86. The molecule has 1 fully saturated rings. The molecule has 5 nitrogen and oxygen atoms in total. The highest BCUT2D eigenvalue weighted by Crippen LogP contribution is 2.34. The van der Waals surface area contributed by atoms with Crippen molar-refractivity contribution in [2.24, 2.45) is 11.8 Å². The van der Waals surface area contributed by atoms with Crippen LogP contribution in [0, 0.1) is 18.8 Å². The van der Waals surface area contributed by atoms with Gasteiger partial charge in [0, 0.05) is 48.5 Å². The lowest BCUT2D eigenvalue weighted by atomic mass is 9.77. The number of hydrogen-bond donors (Lipinski definition) is 0. The zero-order valence-corrected chi connectivity index (χ0v) is 18.0. The Morgan fingerprint density at radius 2 is 1.84 bits per heavy atom. The maximum absolute atomic E-state index is 12.8. The number of nitrogens with zero attached hydrogens (tertiary/aromatic N) is 3. The number of rotatable bonds is 7. The van der Waals surface area contributed by atoms with Crippen molar-refractivity contribution < 1.29 is 22.4 Å². The number of aromatic nitrogens is 3. The van der Waals surface area contributed by atoms with Crippen molar-refractivity contribution in [2.75, 3.05) is 0 Å². The summed E-state index contributed by atoms with van der Waals surface area (Å²) in [7, 11) is 0. The Kier molecular flexibility index (Phi) is 6.58. The number of ketones is 1. The van der Waals surface area contributed by atoms with Crippen molar-refractivity contribution in [3.8, 4) is 11.3 Å². The largest absolute Gasteiger partial charge is 0.441 e. The van der Waals surface area contributed by atoms with E-state index in [1.165, 1.54) is 0 Å². The summed E-state index contributed by atoms with van der Waals surface area (Å²) in [6, 6.07) is 3.83.